The lowest BCUT2D eigenvalue weighted by Gasteiger charge is -1.85. The van der Waals surface area contributed by atoms with Gasteiger partial charge in [0.1, 0.15) is 11.2 Å². The molecule has 2 aromatic heterocycles. The van der Waals surface area contributed by atoms with E-state index in [9.17, 15) is 0 Å². The zero-order valence-electron chi connectivity index (χ0n) is 15.8. The quantitative estimate of drug-likeness (QED) is 0.331. The van der Waals surface area contributed by atoms with Crippen molar-refractivity contribution in [2.45, 2.75) is 0 Å². The SMILES string of the molecule is C1=CC=CNC=C1.c1ccc2[nH]cnc2c1.c1ccc2c(c1)oc1ccccc12. The van der Waals surface area contributed by atoms with E-state index in [4.69, 9.17) is 4.42 Å². The molecular formula is C25H21N3O. The van der Waals surface area contributed by atoms with Crippen LogP contribution in [0.4, 0.5) is 0 Å². The molecule has 29 heavy (non-hydrogen) atoms. The predicted octanol–water partition coefficient (Wildman–Crippen LogP) is 6.32. The summed E-state index contributed by atoms with van der Waals surface area (Å²) in [6.45, 7) is 0. The van der Waals surface area contributed by atoms with Crippen LogP contribution in [0, 0.1) is 0 Å². The number of benzene rings is 3. The number of aromatic amines is 1. The lowest BCUT2D eigenvalue weighted by Crippen LogP contribution is -1.87. The van der Waals surface area contributed by atoms with E-state index in [2.05, 4.69) is 27.4 Å². The summed E-state index contributed by atoms with van der Waals surface area (Å²) in [6, 6.07) is 24.1. The van der Waals surface area contributed by atoms with Crippen molar-refractivity contribution in [3.05, 3.63) is 116 Å². The Morgan fingerprint density at radius 2 is 1.21 bits per heavy atom. The molecule has 4 heteroatoms. The molecule has 0 radical (unpaired) electrons. The summed E-state index contributed by atoms with van der Waals surface area (Å²) in [4.78, 5) is 7.07. The van der Waals surface area contributed by atoms with Crippen molar-refractivity contribution in [1.82, 2.24) is 15.3 Å². The molecule has 6 rings (SSSR count). The molecule has 0 fully saturated rings. The number of hydrogen-bond donors (Lipinski definition) is 2. The number of furan rings is 1. The molecule has 0 spiro atoms. The molecule has 142 valence electrons. The molecular weight excluding hydrogens is 358 g/mol. The molecule has 0 aliphatic carbocycles. The summed E-state index contributed by atoms with van der Waals surface area (Å²) in [7, 11) is 0. The van der Waals surface area contributed by atoms with Gasteiger partial charge < -0.3 is 14.7 Å². The van der Waals surface area contributed by atoms with Gasteiger partial charge in [0.15, 0.2) is 0 Å². The van der Waals surface area contributed by atoms with Gasteiger partial charge >= 0.3 is 0 Å². The Morgan fingerprint density at radius 3 is 1.86 bits per heavy atom. The molecule has 1 aliphatic rings. The van der Waals surface area contributed by atoms with E-state index >= 15 is 0 Å². The molecule has 0 saturated carbocycles. The summed E-state index contributed by atoms with van der Waals surface area (Å²) < 4.78 is 5.65. The molecule has 4 nitrogen and oxygen atoms in total. The highest BCUT2D eigenvalue weighted by Gasteiger charge is 2.03. The molecule has 3 heterocycles. The van der Waals surface area contributed by atoms with Crippen LogP contribution in [-0.4, -0.2) is 9.97 Å². The van der Waals surface area contributed by atoms with Crippen molar-refractivity contribution >= 4 is 33.0 Å². The van der Waals surface area contributed by atoms with E-state index in [1.54, 1.807) is 6.33 Å². The maximum Gasteiger partial charge on any atom is 0.135 e. The molecule has 1 aliphatic heterocycles. The van der Waals surface area contributed by atoms with Gasteiger partial charge in [-0.05, 0) is 36.4 Å². The van der Waals surface area contributed by atoms with Gasteiger partial charge in [-0.3, -0.25) is 0 Å². The van der Waals surface area contributed by atoms with Gasteiger partial charge in [0.2, 0.25) is 0 Å². The van der Waals surface area contributed by atoms with Gasteiger partial charge in [-0.2, -0.15) is 0 Å². The second-order valence-corrected chi connectivity index (χ2v) is 6.28. The summed E-state index contributed by atoms with van der Waals surface area (Å²) in [5.41, 5.74) is 4.04. The van der Waals surface area contributed by atoms with E-state index in [0.717, 1.165) is 22.2 Å². The first-order valence-electron chi connectivity index (χ1n) is 9.40. The van der Waals surface area contributed by atoms with Crippen LogP contribution in [0.1, 0.15) is 0 Å². The average molecular weight is 379 g/mol. The zero-order chi connectivity index (χ0) is 19.7. The van der Waals surface area contributed by atoms with Crippen LogP contribution in [0.25, 0.3) is 33.0 Å². The van der Waals surface area contributed by atoms with Crippen molar-refractivity contribution < 1.29 is 4.42 Å². The Balaban J connectivity index is 0.000000112. The highest BCUT2D eigenvalue weighted by molar-refractivity contribution is 6.04. The number of nitrogens with zero attached hydrogens (tertiary/aromatic N) is 1. The van der Waals surface area contributed by atoms with Gasteiger partial charge in [-0.15, -0.1) is 0 Å². The fraction of sp³-hybridized carbons (Fsp3) is 0. The number of imidazole rings is 1. The number of para-hydroxylation sites is 4. The minimum atomic E-state index is 0.962. The number of allylic oxidation sites excluding steroid dienone is 4. The standard InChI is InChI=1S/C12H8O.C7H6N2.C6H7N/c1-3-7-11-9(5-1)10-6-2-4-8-12(10)13-11;1-2-4-7-6(3-1)8-5-9-7;1-2-4-6-7-5-3-1/h1-8H;1-5H,(H,8,9);1-7H. The van der Waals surface area contributed by atoms with E-state index in [-0.39, 0.29) is 0 Å². The van der Waals surface area contributed by atoms with E-state index < -0.39 is 0 Å². The van der Waals surface area contributed by atoms with Crippen LogP contribution in [0.5, 0.6) is 0 Å². The summed E-state index contributed by atoms with van der Waals surface area (Å²) in [5, 5.41) is 5.31. The van der Waals surface area contributed by atoms with Crippen LogP contribution in [0.15, 0.2) is 120 Å². The monoisotopic (exact) mass is 379 g/mol. The highest BCUT2D eigenvalue weighted by atomic mass is 16.3. The van der Waals surface area contributed by atoms with Crippen molar-refractivity contribution in [1.29, 1.82) is 0 Å². The first-order chi connectivity index (χ1) is 14.4. The number of fused-ring (bicyclic) bond motifs is 4. The molecule has 2 N–H and O–H groups in total. The molecule has 0 bridgehead atoms. The first-order valence-corrected chi connectivity index (χ1v) is 9.40. The Morgan fingerprint density at radius 1 is 0.621 bits per heavy atom. The summed E-state index contributed by atoms with van der Waals surface area (Å²) in [5.74, 6) is 0. The van der Waals surface area contributed by atoms with Crippen LogP contribution >= 0.6 is 0 Å². The Labute approximate surface area is 168 Å². The molecule has 0 unspecified atom stereocenters. The van der Waals surface area contributed by atoms with Crippen LogP contribution in [0.3, 0.4) is 0 Å². The zero-order valence-corrected chi connectivity index (χ0v) is 15.8. The summed E-state index contributed by atoms with van der Waals surface area (Å²) >= 11 is 0. The van der Waals surface area contributed by atoms with Crippen LogP contribution < -0.4 is 5.32 Å². The predicted molar refractivity (Wildman–Crippen MR) is 120 cm³/mol. The van der Waals surface area contributed by atoms with Gasteiger partial charge in [-0.25, -0.2) is 4.98 Å². The highest BCUT2D eigenvalue weighted by Crippen LogP contribution is 2.27. The minimum absolute atomic E-state index is 0.962. The minimum Gasteiger partial charge on any atom is -0.456 e. The lowest BCUT2D eigenvalue weighted by atomic mass is 10.2. The Kier molecular flexibility index (Phi) is 5.84. The maximum absolute atomic E-state index is 5.65. The van der Waals surface area contributed by atoms with E-state index in [0.29, 0.717) is 0 Å². The summed E-state index contributed by atoms with van der Waals surface area (Å²) in [6.07, 6.45) is 13.3. The molecule has 3 aromatic carbocycles. The second kappa shape index (κ2) is 9.24. The van der Waals surface area contributed by atoms with Gasteiger partial charge in [0.25, 0.3) is 0 Å². The number of aromatic nitrogens is 2. The Bertz CT molecular complexity index is 1200. The van der Waals surface area contributed by atoms with Crippen LogP contribution in [-0.2, 0) is 0 Å². The topological polar surface area (TPSA) is 53.9 Å². The third kappa shape index (κ3) is 4.62. The smallest absolute Gasteiger partial charge is 0.135 e. The number of rotatable bonds is 0. The molecule has 5 aromatic rings. The van der Waals surface area contributed by atoms with Crippen molar-refractivity contribution in [3.63, 3.8) is 0 Å². The lowest BCUT2D eigenvalue weighted by molar-refractivity contribution is 0.669. The van der Waals surface area contributed by atoms with Crippen molar-refractivity contribution in [2.24, 2.45) is 0 Å². The van der Waals surface area contributed by atoms with Gasteiger partial charge in [0, 0.05) is 23.2 Å². The molecule has 0 amide bonds. The van der Waals surface area contributed by atoms with E-state index in [1.165, 1.54) is 10.8 Å². The second-order valence-electron chi connectivity index (χ2n) is 6.28. The Hall–Kier alpha value is -4.05. The fourth-order valence-electron chi connectivity index (χ4n) is 2.96. The molecule has 0 atom stereocenters. The van der Waals surface area contributed by atoms with Crippen LogP contribution in [0.2, 0.25) is 0 Å². The fourth-order valence-corrected chi connectivity index (χ4v) is 2.96. The third-order valence-electron chi connectivity index (χ3n) is 4.33. The van der Waals surface area contributed by atoms with E-state index in [1.807, 2.05) is 97.4 Å². The number of H-pyrrole nitrogens is 1. The largest absolute Gasteiger partial charge is 0.456 e. The maximum atomic E-state index is 5.65. The average Bonchev–Trinajstić information content (AvgIpc) is 3.28. The molecule has 0 saturated heterocycles. The van der Waals surface area contributed by atoms with Crippen molar-refractivity contribution in [3.8, 4) is 0 Å². The first kappa shape index (κ1) is 18.3. The number of hydrogen-bond acceptors (Lipinski definition) is 3. The van der Waals surface area contributed by atoms with Gasteiger partial charge in [0.05, 0.1) is 17.4 Å². The third-order valence-corrected chi connectivity index (χ3v) is 4.33. The number of nitrogens with one attached hydrogen (secondary N) is 2. The normalized spacial score (nSPS) is 12.0. The van der Waals surface area contributed by atoms with Gasteiger partial charge in [-0.1, -0.05) is 60.7 Å². The van der Waals surface area contributed by atoms with Crippen molar-refractivity contribution in [2.75, 3.05) is 0 Å².